The average molecular weight is 244 g/mol. The molecule has 0 amide bonds. The zero-order valence-corrected chi connectivity index (χ0v) is 8.78. The molecule has 70 valence electrons. The maximum absolute atomic E-state index is 8.31. The molecule has 0 aromatic heterocycles. The summed E-state index contributed by atoms with van der Waals surface area (Å²) in [6, 6.07) is 5.46. The maximum Gasteiger partial charge on any atom is 0.133 e. The van der Waals surface area contributed by atoms with Gasteiger partial charge in [0.25, 0.3) is 0 Å². The van der Waals surface area contributed by atoms with Crippen LogP contribution in [0.4, 0.5) is 0 Å². The number of nitrogens with zero attached hydrogens (tertiary/aromatic N) is 1. The van der Waals surface area contributed by atoms with E-state index in [0.29, 0.717) is 6.61 Å². The van der Waals surface area contributed by atoms with Crippen LogP contribution < -0.4 is 4.74 Å². The topological polar surface area (TPSA) is 41.8 Å². The largest absolute Gasteiger partial charge is 0.493 e. The van der Waals surface area contributed by atoms with E-state index in [2.05, 4.69) is 21.1 Å². The summed E-state index contributed by atoms with van der Waals surface area (Å²) in [7, 11) is 0. The van der Waals surface area contributed by atoms with Gasteiger partial charge in [0, 0.05) is 0 Å². The molecule has 1 aromatic carbocycles. The molecule has 0 fully saturated rings. The van der Waals surface area contributed by atoms with Crippen molar-refractivity contribution in [2.24, 2.45) is 5.16 Å². The first-order valence-electron chi connectivity index (χ1n) is 3.87. The maximum atomic E-state index is 8.31. The minimum atomic E-state index is 0.631. The molecule has 0 aliphatic heterocycles. The molecule has 0 saturated carbocycles. The van der Waals surface area contributed by atoms with Gasteiger partial charge in [-0.2, -0.15) is 0 Å². The van der Waals surface area contributed by atoms with E-state index in [1.807, 2.05) is 25.1 Å². The minimum Gasteiger partial charge on any atom is -0.493 e. The van der Waals surface area contributed by atoms with Crippen LogP contribution in [0.2, 0.25) is 0 Å². The summed E-state index contributed by atoms with van der Waals surface area (Å²) in [5, 5.41) is 11.2. The molecular weight excluding hydrogens is 234 g/mol. The fraction of sp³-hybridized carbons (Fsp3) is 0.222. The summed E-state index contributed by atoms with van der Waals surface area (Å²) in [6.07, 6.45) is 1.36. The van der Waals surface area contributed by atoms with Crippen molar-refractivity contribution >= 4 is 22.1 Å². The highest BCUT2D eigenvalue weighted by Gasteiger charge is 2.00. The van der Waals surface area contributed by atoms with E-state index < -0.39 is 0 Å². The van der Waals surface area contributed by atoms with Crippen LogP contribution in [-0.2, 0) is 0 Å². The molecular formula is C9H10BrNO2. The van der Waals surface area contributed by atoms with E-state index in [1.165, 1.54) is 6.21 Å². The summed E-state index contributed by atoms with van der Waals surface area (Å²) in [4.78, 5) is 0. The first kappa shape index (κ1) is 10.1. The van der Waals surface area contributed by atoms with Crippen LogP contribution in [0.1, 0.15) is 12.5 Å². The van der Waals surface area contributed by atoms with Crippen LogP contribution in [0, 0.1) is 0 Å². The molecule has 0 radical (unpaired) electrons. The van der Waals surface area contributed by atoms with Crippen molar-refractivity contribution in [2.45, 2.75) is 6.92 Å². The second-order valence-electron chi connectivity index (χ2n) is 2.37. The van der Waals surface area contributed by atoms with Crippen LogP contribution in [0.15, 0.2) is 27.8 Å². The van der Waals surface area contributed by atoms with Gasteiger partial charge >= 0.3 is 0 Å². The van der Waals surface area contributed by atoms with E-state index in [0.717, 1.165) is 15.8 Å². The van der Waals surface area contributed by atoms with Crippen molar-refractivity contribution < 1.29 is 9.94 Å². The predicted octanol–water partition coefficient (Wildman–Crippen LogP) is 2.66. The number of rotatable bonds is 3. The Labute approximate surface area is 85.2 Å². The molecule has 13 heavy (non-hydrogen) atoms. The molecule has 0 aliphatic carbocycles. The zero-order chi connectivity index (χ0) is 9.68. The van der Waals surface area contributed by atoms with Crippen molar-refractivity contribution in [2.75, 3.05) is 6.61 Å². The molecule has 4 heteroatoms. The van der Waals surface area contributed by atoms with Crippen molar-refractivity contribution in [3.8, 4) is 5.75 Å². The van der Waals surface area contributed by atoms with Gasteiger partial charge in [0.15, 0.2) is 0 Å². The van der Waals surface area contributed by atoms with Crippen LogP contribution in [0.3, 0.4) is 0 Å². The van der Waals surface area contributed by atoms with Gasteiger partial charge in [0.2, 0.25) is 0 Å². The normalized spacial score (nSPS) is 10.6. The second-order valence-corrected chi connectivity index (χ2v) is 3.22. The van der Waals surface area contributed by atoms with Crippen molar-refractivity contribution in [3.63, 3.8) is 0 Å². The van der Waals surface area contributed by atoms with Gasteiger partial charge in [-0.05, 0) is 46.6 Å². The van der Waals surface area contributed by atoms with Crippen LogP contribution in [-0.4, -0.2) is 18.0 Å². The highest BCUT2D eigenvalue weighted by Crippen LogP contribution is 2.25. The Kier molecular flexibility index (Phi) is 3.76. The number of hydrogen-bond donors (Lipinski definition) is 1. The van der Waals surface area contributed by atoms with Crippen LogP contribution in [0.5, 0.6) is 5.75 Å². The summed E-state index contributed by atoms with van der Waals surface area (Å²) in [6.45, 7) is 2.56. The Morgan fingerprint density at radius 3 is 2.92 bits per heavy atom. The molecule has 3 nitrogen and oxygen atoms in total. The van der Waals surface area contributed by atoms with Gasteiger partial charge < -0.3 is 9.94 Å². The summed E-state index contributed by atoms with van der Waals surface area (Å²) < 4.78 is 6.17. The fourth-order valence-electron chi connectivity index (χ4n) is 0.937. The number of ether oxygens (including phenoxy) is 1. The number of oxime groups is 1. The summed E-state index contributed by atoms with van der Waals surface area (Å²) in [5.41, 5.74) is 0.817. The zero-order valence-electron chi connectivity index (χ0n) is 7.20. The lowest BCUT2D eigenvalue weighted by molar-refractivity contribution is 0.321. The molecule has 0 heterocycles. The smallest absolute Gasteiger partial charge is 0.133 e. The Morgan fingerprint density at radius 2 is 2.38 bits per heavy atom. The molecule has 0 aliphatic rings. The third-order valence-corrected chi connectivity index (χ3v) is 2.08. The highest BCUT2D eigenvalue weighted by atomic mass is 79.9. The Hall–Kier alpha value is -1.03. The third-order valence-electron chi connectivity index (χ3n) is 1.46. The van der Waals surface area contributed by atoms with E-state index in [1.54, 1.807) is 0 Å². The van der Waals surface area contributed by atoms with Crippen molar-refractivity contribution in [3.05, 3.63) is 28.2 Å². The second kappa shape index (κ2) is 4.87. The molecule has 0 spiro atoms. The predicted molar refractivity (Wildman–Crippen MR) is 54.7 cm³/mol. The third kappa shape index (κ3) is 2.73. The Bertz CT molecular complexity index is 312. The molecule has 0 bridgehead atoms. The van der Waals surface area contributed by atoms with Gasteiger partial charge in [-0.25, -0.2) is 0 Å². The summed E-state index contributed by atoms with van der Waals surface area (Å²) in [5.74, 6) is 0.789. The lowest BCUT2D eigenvalue weighted by Crippen LogP contribution is -1.93. The van der Waals surface area contributed by atoms with E-state index in [4.69, 9.17) is 9.94 Å². The van der Waals surface area contributed by atoms with Crippen molar-refractivity contribution in [1.82, 2.24) is 0 Å². The number of hydrogen-bond acceptors (Lipinski definition) is 3. The fourth-order valence-corrected chi connectivity index (χ4v) is 1.45. The highest BCUT2D eigenvalue weighted by molar-refractivity contribution is 9.10. The van der Waals surface area contributed by atoms with E-state index >= 15 is 0 Å². The monoisotopic (exact) mass is 243 g/mol. The lowest BCUT2D eigenvalue weighted by Gasteiger charge is -2.05. The van der Waals surface area contributed by atoms with Crippen LogP contribution in [0.25, 0.3) is 0 Å². The number of halogens is 1. The van der Waals surface area contributed by atoms with Crippen LogP contribution >= 0.6 is 15.9 Å². The van der Waals surface area contributed by atoms with Gasteiger partial charge in [-0.3, -0.25) is 0 Å². The SMILES string of the molecule is CCOc1ccc(/C=N/O)cc1Br. The van der Waals surface area contributed by atoms with E-state index in [9.17, 15) is 0 Å². The first-order chi connectivity index (χ1) is 6.27. The average Bonchev–Trinajstić information content (AvgIpc) is 2.10. The van der Waals surface area contributed by atoms with Crippen molar-refractivity contribution in [1.29, 1.82) is 0 Å². The van der Waals surface area contributed by atoms with Gasteiger partial charge in [-0.1, -0.05) is 5.16 Å². The molecule has 1 rings (SSSR count). The molecule has 0 atom stereocenters. The van der Waals surface area contributed by atoms with Gasteiger partial charge in [0.1, 0.15) is 5.75 Å². The number of benzene rings is 1. The molecule has 0 saturated heterocycles. The Balaban J connectivity index is 2.91. The van der Waals surface area contributed by atoms with Gasteiger partial charge in [-0.15, -0.1) is 0 Å². The Morgan fingerprint density at radius 1 is 1.62 bits per heavy atom. The standard InChI is InChI=1S/C9H10BrNO2/c1-2-13-9-4-3-7(6-11-12)5-8(9)10/h3-6,12H,2H2,1H3/b11-6+. The molecule has 0 unspecified atom stereocenters. The summed E-state index contributed by atoms with van der Waals surface area (Å²) >= 11 is 3.35. The molecule has 1 aromatic rings. The first-order valence-corrected chi connectivity index (χ1v) is 4.67. The molecule has 1 N–H and O–H groups in total. The quantitative estimate of drug-likeness (QED) is 0.504. The van der Waals surface area contributed by atoms with E-state index in [-0.39, 0.29) is 0 Å². The van der Waals surface area contributed by atoms with Gasteiger partial charge in [0.05, 0.1) is 17.3 Å². The lowest BCUT2D eigenvalue weighted by atomic mass is 10.2. The minimum absolute atomic E-state index is 0.631.